The first-order valence-corrected chi connectivity index (χ1v) is 18.0. The molecule has 4 heterocycles. The monoisotopic (exact) mass is 606 g/mol. The molecular weight excluding hydrogens is 567 g/mol. The van der Waals surface area contributed by atoms with Gasteiger partial charge in [0.25, 0.3) is 5.91 Å². The summed E-state index contributed by atoms with van der Waals surface area (Å²) in [6.07, 6.45) is 2.21. The van der Waals surface area contributed by atoms with Gasteiger partial charge in [0.2, 0.25) is 14.3 Å². The second-order valence-corrected chi connectivity index (χ2v) is 16.1. The zero-order chi connectivity index (χ0) is 30.4. The number of halogens is 1. The summed E-state index contributed by atoms with van der Waals surface area (Å²) in [6.45, 7) is 7.73. The second-order valence-electron chi connectivity index (χ2n) is 12.3. The number of amides is 2. The highest BCUT2D eigenvalue weighted by molar-refractivity contribution is 6.72. The van der Waals surface area contributed by atoms with E-state index in [1.54, 1.807) is 33.8 Å². The van der Waals surface area contributed by atoms with Crippen LogP contribution in [0.15, 0.2) is 54.7 Å². The van der Waals surface area contributed by atoms with Crippen LogP contribution in [-0.4, -0.2) is 72.7 Å². The molecule has 6 rings (SSSR count). The van der Waals surface area contributed by atoms with Gasteiger partial charge in [0.15, 0.2) is 5.60 Å². The maximum absolute atomic E-state index is 16.1. The number of anilines is 2. The zero-order valence-electron chi connectivity index (χ0n) is 24.9. The van der Waals surface area contributed by atoms with Gasteiger partial charge >= 0.3 is 0 Å². The number of carbonyl (C=O) groups excluding carboxylic acids is 2. The number of benzene rings is 2. The number of nitrogens with one attached hydrogen (secondary N) is 1. The number of nitrogens with zero attached hydrogens (tertiary/aromatic N) is 5. The van der Waals surface area contributed by atoms with E-state index in [-0.39, 0.29) is 24.3 Å². The Morgan fingerprint density at radius 2 is 2.00 bits per heavy atom. The molecule has 2 fully saturated rings. The Morgan fingerprint density at radius 1 is 1.19 bits per heavy atom. The van der Waals surface area contributed by atoms with Crippen LogP contribution in [0.4, 0.5) is 15.5 Å². The van der Waals surface area contributed by atoms with Crippen molar-refractivity contribution in [2.24, 2.45) is 5.92 Å². The fourth-order valence-corrected chi connectivity index (χ4v) is 9.79. The van der Waals surface area contributed by atoms with Crippen LogP contribution in [0.5, 0.6) is 0 Å². The van der Waals surface area contributed by atoms with E-state index in [1.807, 2.05) is 55.5 Å². The number of carbonyl (C=O) groups is 2. The van der Waals surface area contributed by atoms with Crippen LogP contribution in [0.2, 0.25) is 18.6 Å². The molecule has 0 bridgehead atoms. The summed E-state index contributed by atoms with van der Waals surface area (Å²) in [5.41, 5.74) is 2.24. The van der Waals surface area contributed by atoms with Crippen molar-refractivity contribution in [3.8, 4) is 0 Å². The molecule has 3 aromatic rings. The minimum atomic E-state index is -3.29. The fourth-order valence-electron chi connectivity index (χ4n) is 7.25. The molecule has 0 saturated carbocycles. The molecule has 2 aromatic carbocycles. The Balaban J connectivity index is 1.30. The molecule has 228 valence electrons. The first-order chi connectivity index (χ1) is 20.6. The maximum Gasteiger partial charge on any atom is 0.264 e. The Bertz CT molecular complexity index is 1510. The lowest BCUT2D eigenvalue weighted by Gasteiger charge is -2.31. The number of aliphatic hydroxyl groups excluding tert-OH is 1. The smallest absolute Gasteiger partial charge is 0.264 e. The van der Waals surface area contributed by atoms with E-state index in [2.05, 4.69) is 15.6 Å². The summed E-state index contributed by atoms with van der Waals surface area (Å²) in [4.78, 5) is 30.6. The third kappa shape index (κ3) is 5.30. The first kappa shape index (κ1) is 29.6. The topological polar surface area (TPSA) is 113 Å². The largest absolute Gasteiger partial charge is 0.396 e. The molecular formula is C31H39FN6O4Si. The highest BCUT2D eigenvalue weighted by Gasteiger charge is 2.66. The van der Waals surface area contributed by atoms with Gasteiger partial charge in [-0.2, -0.15) is 0 Å². The van der Waals surface area contributed by atoms with E-state index in [9.17, 15) is 14.7 Å². The highest BCUT2D eigenvalue weighted by Crippen LogP contribution is 2.60. The van der Waals surface area contributed by atoms with Crippen LogP contribution >= 0.6 is 0 Å². The molecule has 3 aliphatic rings. The van der Waals surface area contributed by atoms with Crippen LogP contribution in [-0.2, 0) is 39.4 Å². The number of aromatic nitrogens is 3. The number of fused-ring (bicyclic) bond motifs is 2. The van der Waals surface area contributed by atoms with Gasteiger partial charge in [0.05, 0.1) is 30.6 Å². The molecule has 12 heteroatoms. The van der Waals surface area contributed by atoms with Gasteiger partial charge in [0, 0.05) is 61.6 Å². The van der Waals surface area contributed by atoms with Gasteiger partial charge in [-0.25, -0.2) is 0 Å². The fraction of sp³-hybridized carbons (Fsp3) is 0.484. The molecule has 1 spiro atoms. The van der Waals surface area contributed by atoms with E-state index in [0.29, 0.717) is 44.7 Å². The number of para-hydroxylation sites is 1. The summed E-state index contributed by atoms with van der Waals surface area (Å²) in [7, 11) is -3.29. The predicted molar refractivity (Wildman–Crippen MR) is 163 cm³/mol. The maximum atomic E-state index is 16.1. The summed E-state index contributed by atoms with van der Waals surface area (Å²) in [6, 6.07) is 15.4. The molecule has 0 aliphatic carbocycles. The number of rotatable bonds is 9. The average molecular weight is 607 g/mol. The van der Waals surface area contributed by atoms with Gasteiger partial charge in [-0.05, 0) is 43.3 Å². The van der Waals surface area contributed by atoms with E-state index < -0.39 is 25.7 Å². The third-order valence-corrected chi connectivity index (χ3v) is 11.6. The van der Waals surface area contributed by atoms with E-state index >= 15 is 4.11 Å². The van der Waals surface area contributed by atoms with Crippen molar-refractivity contribution >= 4 is 31.6 Å². The summed E-state index contributed by atoms with van der Waals surface area (Å²) in [5.74, 6) is -0.543. The van der Waals surface area contributed by atoms with Crippen LogP contribution in [0.1, 0.15) is 30.2 Å². The predicted octanol–water partition coefficient (Wildman–Crippen LogP) is 3.16. The number of ether oxygens (including phenoxy) is 1. The molecule has 2 amide bonds. The highest BCUT2D eigenvalue weighted by atomic mass is 28.4. The Hall–Kier alpha value is -3.45. The Labute approximate surface area is 252 Å². The molecule has 2 N–H and O–H groups in total. The average Bonchev–Trinajstić information content (AvgIpc) is 3.63. The third-order valence-electron chi connectivity index (χ3n) is 9.12. The van der Waals surface area contributed by atoms with Crippen molar-refractivity contribution in [1.82, 2.24) is 20.3 Å². The molecule has 10 nitrogen and oxygen atoms in total. The zero-order valence-corrected chi connectivity index (χ0v) is 25.9. The molecule has 3 aliphatic heterocycles. The van der Waals surface area contributed by atoms with Gasteiger partial charge in [-0.3, -0.25) is 14.3 Å². The van der Waals surface area contributed by atoms with Crippen molar-refractivity contribution in [3.63, 3.8) is 0 Å². The Kier molecular flexibility index (Phi) is 7.96. The van der Waals surface area contributed by atoms with E-state index in [1.165, 1.54) is 0 Å². The lowest BCUT2D eigenvalue weighted by molar-refractivity contribution is -0.146. The number of hydrogen-bond acceptors (Lipinski definition) is 7. The normalized spacial score (nSPS) is 25.7. The van der Waals surface area contributed by atoms with Gasteiger partial charge < -0.3 is 29.1 Å². The standard InChI is InChI=1S/C31H39FN6O4Si/c1-21-29(43(2,3)32)27(11-14-36-20-23(12-16-39)34-35-36)42-31(21)25-9-4-5-10-26(25)38(30(31)41)19-22-7-6-8-24(17-22)37-15-13-33-18-28(37)40/h4-10,17,20-21,27,29,33,39H,11-16,18-19H2,1-3H3/t21-,27+,29-,31+/m0/s1. The first-order valence-electron chi connectivity index (χ1n) is 15.0. The molecule has 0 unspecified atom stereocenters. The summed E-state index contributed by atoms with van der Waals surface area (Å²) < 4.78 is 24.6. The molecule has 2 saturated heterocycles. The lowest BCUT2D eigenvalue weighted by atomic mass is 9.82. The van der Waals surface area contributed by atoms with Crippen LogP contribution in [0, 0.1) is 5.92 Å². The Morgan fingerprint density at radius 3 is 2.77 bits per heavy atom. The summed E-state index contributed by atoms with van der Waals surface area (Å²) in [5, 5.41) is 20.6. The number of aryl methyl sites for hydroxylation is 1. The van der Waals surface area contributed by atoms with Crippen molar-refractivity contribution in [1.29, 1.82) is 0 Å². The van der Waals surface area contributed by atoms with Crippen LogP contribution in [0.25, 0.3) is 0 Å². The quantitative estimate of drug-likeness (QED) is 0.284. The molecule has 4 atom stereocenters. The SMILES string of the molecule is C[C@H]1[C@H]([Si](C)(C)F)[C@@H](CCn2cc(CCO)nn2)O[C@]12C(=O)N(Cc1cccc(N3CCNCC3=O)c1)c1ccccc12. The van der Waals surface area contributed by atoms with Crippen molar-refractivity contribution in [2.75, 3.05) is 36.0 Å². The van der Waals surface area contributed by atoms with E-state index in [4.69, 9.17) is 4.74 Å². The lowest BCUT2D eigenvalue weighted by Crippen LogP contribution is -2.48. The van der Waals surface area contributed by atoms with Crippen molar-refractivity contribution in [3.05, 3.63) is 71.5 Å². The minimum Gasteiger partial charge on any atom is -0.396 e. The summed E-state index contributed by atoms with van der Waals surface area (Å²) >= 11 is 0. The second kappa shape index (κ2) is 11.6. The molecule has 1 aromatic heterocycles. The number of hydrogen-bond donors (Lipinski definition) is 2. The van der Waals surface area contributed by atoms with Gasteiger partial charge in [-0.15, -0.1) is 5.10 Å². The van der Waals surface area contributed by atoms with Crippen molar-refractivity contribution in [2.45, 2.75) is 63.2 Å². The van der Waals surface area contributed by atoms with Crippen LogP contribution in [0.3, 0.4) is 0 Å². The van der Waals surface area contributed by atoms with Gasteiger partial charge in [-0.1, -0.05) is 42.5 Å². The number of piperazine rings is 1. The van der Waals surface area contributed by atoms with Gasteiger partial charge in [0.1, 0.15) is 0 Å². The number of aliphatic hydroxyl groups is 1. The molecule has 43 heavy (non-hydrogen) atoms. The minimum absolute atomic E-state index is 0.00957. The van der Waals surface area contributed by atoms with E-state index in [0.717, 1.165) is 29.0 Å². The molecule has 0 radical (unpaired) electrons. The van der Waals surface area contributed by atoms with Crippen LogP contribution < -0.4 is 15.1 Å². The van der Waals surface area contributed by atoms with Crippen molar-refractivity contribution < 1.29 is 23.5 Å².